The SMILES string of the molecule is CC(Cc1ccccc1)NC(=O)N1CC(C(C)C(=O)O)C1. The van der Waals surface area contributed by atoms with Crippen molar-refractivity contribution in [1.82, 2.24) is 10.2 Å². The van der Waals surface area contributed by atoms with E-state index in [1.165, 1.54) is 5.56 Å². The molecule has 2 amide bonds. The fourth-order valence-corrected chi connectivity index (χ4v) is 2.52. The molecule has 0 spiro atoms. The normalized spacial score (nSPS) is 17.7. The zero-order valence-electron chi connectivity index (χ0n) is 12.5. The summed E-state index contributed by atoms with van der Waals surface area (Å²) in [4.78, 5) is 24.6. The van der Waals surface area contributed by atoms with Crippen LogP contribution in [-0.2, 0) is 11.2 Å². The fraction of sp³-hybridized carbons (Fsp3) is 0.500. The van der Waals surface area contributed by atoms with Gasteiger partial charge in [-0.15, -0.1) is 0 Å². The lowest BCUT2D eigenvalue weighted by Crippen LogP contribution is -2.57. The van der Waals surface area contributed by atoms with Crippen LogP contribution < -0.4 is 5.32 Å². The van der Waals surface area contributed by atoms with Crippen molar-refractivity contribution in [3.8, 4) is 0 Å². The first-order valence-electron chi connectivity index (χ1n) is 7.29. The summed E-state index contributed by atoms with van der Waals surface area (Å²) in [6.07, 6.45) is 0.787. The van der Waals surface area contributed by atoms with E-state index in [0.29, 0.717) is 13.1 Å². The van der Waals surface area contributed by atoms with Crippen molar-refractivity contribution >= 4 is 12.0 Å². The first-order valence-corrected chi connectivity index (χ1v) is 7.29. The van der Waals surface area contributed by atoms with Gasteiger partial charge in [-0.25, -0.2) is 4.79 Å². The molecule has 0 bridgehead atoms. The van der Waals surface area contributed by atoms with Gasteiger partial charge in [-0.2, -0.15) is 0 Å². The Morgan fingerprint density at radius 1 is 1.29 bits per heavy atom. The van der Waals surface area contributed by atoms with Gasteiger partial charge in [0.2, 0.25) is 0 Å². The Kier molecular flexibility index (Phi) is 4.83. The summed E-state index contributed by atoms with van der Waals surface area (Å²) in [5.41, 5.74) is 1.19. The summed E-state index contributed by atoms with van der Waals surface area (Å²) in [5, 5.41) is 11.9. The highest BCUT2D eigenvalue weighted by Gasteiger charge is 2.37. The average Bonchev–Trinajstić information content (AvgIpc) is 2.37. The smallest absolute Gasteiger partial charge is 0.317 e. The van der Waals surface area contributed by atoms with Crippen molar-refractivity contribution in [1.29, 1.82) is 0 Å². The second-order valence-corrected chi connectivity index (χ2v) is 5.83. The van der Waals surface area contributed by atoms with E-state index in [1.807, 2.05) is 37.3 Å². The number of hydrogen-bond acceptors (Lipinski definition) is 2. The average molecular weight is 290 g/mol. The van der Waals surface area contributed by atoms with E-state index in [9.17, 15) is 9.59 Å². The van der Waals surface area contributed by atoms with Gasteiger partial charge in [0.25, 0.3) is 0 Å². The van der Waals surface area contributed by atoms with E-state index in [4.69, 9.17) is 5.11 Å². The first kappa shape index (κ1) is 15.4. The van der Waals surface area contributed by atoms with Gasteiger partial charge in [0, 0.05) is 25.0 Å². The van der Waals surface area contributed by atoms with Crippen LogP contribution in [0.3, 0.4) is 0 Å². The number of likely N-dealkylation sites (tertiary alicyclic amines) is 1. The number of carbonyl (C=O) groups is 2. The summed E-state index contributed by atoms with van der Waals surface area (Å²) < 4.78 is 0. The van der Waals surface area contributed by atoms with Crippen molar-refractivity contribution in [2.75, 3.05) is 13.1 Å². The zero-order chi connectivity index (χ0) is 15.4. The third-order valence-electron chi connectivity index (χ3n) is 4.05. The van der Waals surface area contributed by atoms with Gasteiger partial charge in [0.1, 0.15) is 0 Å². The van der Waals surface area contributed by atoms with Crippen LogP contribution in [0.15, 0.2) is 30.3 Å². The standard InChI is InChI=1S/C16H22N2O3/c1-11(8-13-6-4-3-5-7-13)17-16(21)18-9-14(10-18)12(2)15(19)20/h3-7,11-12,14H,8-10H2,1-2H3,(H,17,21)(H,19,20). The van der Waals surface area contributed by atoms with Gasteiger partial charge in [0.05, 0.1) is 5.92 Å². The number of carbonyl (C=O) groups excluding carboxylic acids is 1. The van der Waals surface area contributed by atoms with E-state index in [0.717, 1.165) is 6.42 Å². The van der Waals surface area contributed by atoms with Gasteiger partial charge in [-0.3, -0.25) is 4.79 Å². The molecule has 5 heteroatoms. The second kappa shape index (κ2) is 6.61. The van der Waals surface area contributed by atoms with Crippen molar-refractivity contribution < 1.29 is 14.7 Å². The maximum atomic E-state index is 12.0. The van der Waals surface area contributed by atoms with Gasteiger partial charge >= 0.3 is 12.0 Å². The minimum absolute atomic E-state index is 0.0517. The number of urea groups is 1. The Morgan fingerprint density at radius 2 is 1.90 bits per heavy atom. The predicted octanol–water partition coefficient (Wildman–Crippen LogP) is 1.98. The van der Waals surface area contributed by atoms with Crippen LogP contribution in [0.2, 0.25) is 0 Å². The van der Waals surface area contributed by atoms with E-state index in [2.05, 4.69) is 5.32 Å². The number of carboxylic acids is 1. The maximum Gasteiger partial charge on any atom is 0.317 e. The molecule has 2 N–H and O–H groups in total. The Morgan fingerprint density at radius 3 is 2.48 bits per heavy atom. The molecule has 1 saturated heterocycles. The summed E-state index contributed by atoms with van der Waals surface area (Å²) in [6.45, 7) is 4.72. The molecule has 0 aromatic heterocycles. The molecule has 2 unspecified atom stereocenters. The molecule has 1 aromatic carbocycles. The summed E-state index contributed by atoms with van der Waals surface area (Å²) in [7, 11) is 0. The van der Waals surface area contributed by atoms with E-state index in [-0.39, 0.29) is 18.0 Å². The summed E-state index contributed by atoms with van der Waals surface area (Å²) >= 11 is 0. The van der Waals surface area contributed by atoms with E-state index in [1.54, 1.807) is 11.8 Å². The molecule has 114 valence electrons. The van der Waals surface area contributed by atoms with Crippen molar-refractivity contribution in [3.63, 3.8) is 0 Å². The molecule has 1 aromatic rings. The predicted molar refractivity (Wildman–Crippen MR) is 80.0 cm³/mol. The highest BCUT2D eigenvalue weighted by molar-refractivity contribution is 5.76. The Labute approximate surface area is 125 Å². The largest absolute Gasteiger partial charge is 0.481 e. The van der Waals surface area contributed by atoms with Crippen LogP contribution in [0, 0.1) is 11.8 Å². The molecule has 21 heavy (non-hydrogen) atoms. The number of nitrogens with one attached hydrogen (secondary N) is 1. The lowest BCUT2D eigenvalue weighted by atomic mass is 9.87. The number of aliphatic carboxylic acids is 1. The molecule has 0 aliphatic carbocycles. The summed E-state index contributed by atoms with van der Waals surface area (Å²) in [6, 6.07) is 9.96. The third kappa shape index (κ3) is 3.97. The highest BCUT2D eigenvalue weighted by atomic mass is 16.4. The molecule has 1 aliphatic heterocycles. The quantitative estimate of drug-likeness (QED) is 0.871. The molecule has 0 saturated carbocycles. The molecule has 0 radical (unpaired) electrons. The Bertz CT molecular complexity index is 498. The van der Waals surface area contributed by atoms with Crippen LogP contribution in [0.25, 0.3) is 0 Å². The van der Waals surface area contributed by atoms with Crippen molar-refractivity contribution in [3.05, 3.63) is 35.9 Å². The fourth-order valence-electron chi connectivity index (χ4n) is 2.52. The number of hydrogen-bond donors (Lipinski definition) is 2. The van der Waals surface area contributed by atoms with Crippen molar-refractivity contribution in [2.24, 2.45) is 11.8 Å². The van der Waals surface area contributed by atoms with E-state index < -0.39 is 11.9 Å². The van der Waals surface area contributed by atoms with Gasteiger partial charge in [-0.05, 0) is 18.9 Å². The number of rotatable bonds is 5. The van der Waals surface area contributed by atoms with Crippen LogP contribution >= 0.6 is 0 Å². The third-order valence-corrected chi connectivity index (χ3v) is 4.05. The lowest BCUT2D eigenvalue weighted by molar-refractivity contribution is -0.144. The zero-order valence-corrected chi connectivity index (χ0v) is 12.5. The van der Waals surface area contributed by atoms with Crippen molar-refractivity contribution in [2.45, 2.75) is 26.3 Å². The van der Waals surface area contributed by atoms with Crippen LogP contribution in [-0.4, -0.2) is 41.1 Å². The topological polar surface area (TPSA) is 69.6 Å². The Balaban J connectivity index is 1.74. The minimum atomic E-state index is -0.794. The number of benzene rings is 1. The minimum Gasteiger partial charge on any atom is -0.481 e. The molecule has 1 heterocycles. The molecular weight excluding hydrogens is 268 g/mol. The molecule has 1 aliphatic rings. The van der Waals surface area contributed by atoms with Gasteiger partial charge < -0.3 is 15.3 Å². The lowest BCUT2D eigenvalue weighted by Gasteiger charge is -2.41. The summed E-state index contributed by atoms with van der Waals surface area (Å²) in [5.74, 6) is -1.12. The molecule has 2 atom stereocenters. The van der Waals surface area contributed by atoms with Gasteiger partial charge in [-0.1, -0.05) is 37.3 Å². The van der Waals surface area contributed by atoms with Crippen LogP contribution in [0.4, 0.5) is 4.79 Å². The van der Waals surface area contributed by atoms with Crippen LogP contribution in [0.1, 0.15) is 19.4 Å². The first-order chi connectivity index (χ1) is 9.97. The molecule has 2 rings (SSSR count). The monoisotopic (exact) mass is 290 g/mol. The Hall–Kier alpha value is -2.04. The highest BCUT2D eigenvalue weighted by Crippen LogP contribution is 2.24. The molecule has 5 nitrogen and oxygen atoms in total. The van der Waals surface area contributed by atoms with E-state index >= 15 is 0 Å². The maximum absolute atomic E-state index is 12.0. The number of amides is 2. The van der Waals surface area contributed by atoms with Gasteiger partial charge in [0.15, 0.2) is 0 Å². The number of carboxylic acid groups (broad SMARTS) is 1. The second-order valence-electron chi connectivity index (χ2n) is 5.83. The molecular formula is C16H22N2O3. The van der Waals surface area contributed by atoms with Crippen LogP contribution in [0.5, 0.6) is 0 Å². The number of nitrogens with zero attached hydrogens (tertiary/aromatic N) is 1. The molecule has 1 fully saturated rings.